The summed E-state index contributed by atoms with van der Waals surface area (Å²) < 4.78 is 0. The summed E-state index contributed by atoms with van der Waals surface area (Å²) in [5.41, 5.74) is 3.78. The molecule has 0 aliphatic rings. The molecule has 2 rings (SSSR count). The Labute approximate surface area is 181 Å². The highest BCUT2D eigenvalue weighted by atomic mass is 79.9. The molecule has 0 aromatic heterocycles. The molecule has 0 fully saturated rings. The Hall–Kier alpha value is -2.92. The number of amides is 1. The van der Waals surface area contributed by atoms with Gasteiger partial charge in [-0.2, -0.15) is 0 Å². The molecule has 0 unspecified atom stereocenters. The van der Waals surface area contributed by atoms with E-state index in [1.807, 2.05) is 63.3 Å². The molecule has 0 spiro atoms. The summed E-state index contributed by atoms with van der Waals surface area (Å²) >= 11 is 3.39. The maximum Gasteiger partial charge on any atom is 0.218 e. The van der Waals surface area contributed by atoms with E-state index in [2.05, 4.69) is 27.5 Å². The molecule has 0 bridgehead atoms. The number of rotatable bonds is 8. The third kappa shape index (κ3) is 7.20. The quantitative estimate of drug-likeness (QED) is 0.213. The van der Waals surface area contributed by atoms with E-state index in [1.165, 1.54) is 4.90 Å². The molecule has 0 saturated carbocycles. The lowest BCUT2D eigenvalue weighted by molar-refractivity contribution is -0.106. The first-order valence-electron chi connectivity index (χ1n) is 9.34. The van der Waals surface area contributed by atoms with Crippen LogP contribution in [0, 0.1) is 0 Å². The van der Waals surface area contributed by atoms with Crippen molar-refractivity contribution in [2.45, 2.75) is 20.8 Å². The van der Waals surface area contributed by atoms with Crippen LogP contribution in [-0.2, 0) is 4.79 Å². The number of phenolic OH excluding ortho intramolecular Hbond substituents is 1. The van der Waals surface area contributed by atoms with Crippen LogP contribution in [0.25, 0.3) is 0 Å². The molecule has 2 aromatic carbocycles. The van der Waals surface area contributed by atoms with Gasteiger partial charge in [0.15, 0.2) is 0 Å². The largest absolute Gasteiger partial charge is 0.508 e. The topological polar surface area (TPSA) is 52.9 Å². The average Bonchev–Trinajstić information content (AvgIpc) is 2.75. The van der Waals surface area contributed by atoms with Crippen molar-refractivity contribution in [1.29, 1.82) is 0 Å². The van der Waals surface area contributed by atoms with Crippen molar-refractivity contribution < 1.29 is 9.90 Å². The molecule has 0 heterocycles. The second-order valence-corrected chi connectivity index (χ2v) is 6.23. The number of halogens is 1. The van der Waals surface area contributed by atoms with Crippen molar-refractivity contribution in [3.8, 4) is 5.75 Å². The Bertz CT molecular complexity index is 884. The number of anilines is 2. The van der Waals surface area contributed by atoms with E-state index in [0.717, 1.165) is 23.4 Å². The number of para-hydroxylation sites is 1. The predicted molar refractivity (Wildman–Crippen MR) is 128 cm³/mol. The van der Waals surface area contributed by atoms with Gasteiger partial charge in [-0.3, -0.25) is 14.7 Å². The van der Waals surface area contributed by atoms with Gasteiger partial charge in [-0.1, -0.05) is 66.7 Å². The molecule has 1 amide bonds. The second kappa shape index (κ2) is 13.3. The highest BCUT2D eigenvalue weighted by Gasteiger charge is 2.14. The molecule has 0 radical (unpaired) electrons. The zero-order chi connectivity index (χ0) is 21.6. The smallest absolute Gasteiger partial charge is 0.218 e. The number of aromatic hydroxyl groups is 1. The molecule has 0 saturated heterocycles. The van der Waals surface area contributed by atoms with Crippen LogP contribution >= 0.6 is 15.9 Å². The van der Waals surface area contributed by atoms with Crippen molar-refractivity contribution >= 4 is 39.4 Å². The average molecular weight is 455 g/mol. The summed E-state index contributed by atoms with van der Waals surface area (Å²) in [6.45, 7) is 9.59. The molecule has 0 atom stereocenters. The maximum absolute atomic E-state index is 11.8. The first kappa shape index (κ1) is 24.1. The first-order valence-corrected chi connectivity index (χ1v) is 10.5. The lowest BCUT2D eigenvalue weighted by Gasteiger charge is -2.21. The SMILES string of the molecule is C=C/C=C\C(=C/CBr)N=C(C)c1ccccc1N(C=O)c1ccc(O)cc1.CC. The number of alkyl halides is 1. The summed E-state index contributed by atoms with van der Waals surface area (Å²) in [5, 5.41) is 10.2. The number of carbonyl (C=O) groups excluding carboxylic acids is 1. The number of hydrogen-bond acceptors (Lipinski definition) is 3. The molecule has 0 aliphatic heterocycles. The lowest BCUT2D eigenvalue weighted by Crippen LogP contribution is -2.17. The minimum Gasteiger partial charge on any atom is -0.508 e. The van der Waals surface area contributed by atoms with E-state index >= 15 is 0 Å². The Morgan fingerprint density at radius 2 is 1.83 bits per heavy atom. The summed E-state index contributed by atoms with van der Waals surface area (Å²) in [4.78, 5) is 18.0. The third-order valence-corrected chi connectivity index (χ3v) is 4.10. The van der Waals surface area contributed by atoms with Crippen LogP contribution in [0.5, 0.6) is 5.75 Å². The minimum absolute atomic E-state index is 0.147. The molecule has 29 heavy (non-hydrogen) atoms. The van der Waals surface area contributed by atoms with Gasteiger partial charge in [0.1, 0.15) is 5.75 Å². The van der Waals surface area contributed by atoms with Gasteiger partial charge in [-0.05, 0) is 49.4 Å². The molecular weight excluding hydrogens is 428 g/mol. The summed E-state index contributed by atoms with van der Waals surface area (Å²) in [7, 11) is 0. The molecular formula is C24H27BrN2O2. The summed E-state index contributed by atoms with van der Waals surface area (Å²) in [5.74, 6) is 0.147. The Morgan fingerprint density at radius 3 is 2.41 bits per heavy atom. The highest BCUT2D eigenvalue weighted by molar-refractivity contribution is 9.09. The maximum atomic E-state index is 11.8. The second-order valence-electron chi connectivity index (χ2n) is 5.58. The van der Waals surface area contributed by atoms with Crippen LogP contribution in [0.3, 0.4) is 0 Å². The van der Waals surface area contributed by atoms with Gasteiger partial charge in [0.2, 0.25) is 6.41 Å². The van der Waals surface area contributed by atoms with Gasteiger partial charge in [0.05, 0.1) is 11.4 Å². The molecule has 5 heteroatoms. The van der Waals surface area contributed by atoms with E-state index < -0.39 is 0 Å². The number of nitrogens with zero attached hydrogens (tertiary/aromatic N) is 2. The fourth-order valence-corrected chi connectivity index (χ4v) is 2.84. The fraction of sp³-hybridized carbons (Fsp3) is 0.167. The zero-order valence-corrected chi connectivity index (χ0v) is 18.6. The Morgan fingerprint density at radius 1 is 1.17 bits per heavy atom. The van der Waals surface area contributed by atoms with Crippen LogP contribution in [0.1, 0.15) is 26.3 Å². The van der Waals surface area contributed by atoms with Crippen LogP contribution in [-0.4, -0.2) is 22.6 Å². The van der Waals surface area contributed by atoms with Gasteiger partial charge >= 0.3 is 0 Å². The van der Waals surface area contributed by atoms with Gasteiger partial charge in [0.25, 0.3) is 0 Å². The van der Waals surface area contributed by atoms with E-state index in [4.69, 9.17) is 0 Å². The number of allylic oxidation sites excluding steroid dienone is 4. The molecule has 2 aromatic rings. The van der Waals surface area contributed by atoms with Crippen molar-refractivity contribution in [2.24, 2.45) is 4.99 Å². The van der Waals surface area contributed by atoms with Gasteiger partial charge in [-0.15, -0.1) is 0 Å². The van der Waals surface area contributed by atoms with Crippen LogP contribution < -0.4 is 4.90 Å². The minimum atomic E-state index is 0.147. The predicted octanol–water partition coefficient (Wildman–Crippen LogP) is 6.54. The van der Waals surface area contributed by atoms with Crippen LogP contribution in [0.15, 0.2) is 90.1 Å². The van der Waals surface area contributed by atoms with E-state index in [0.29, 0.717) is 16.7 Å². The number of phenols is 1. The van der Waals surface area contributed by atoms with Crippen molar-refractivity contribution in [3.05, 3.63) is 90.7 Å². The normalized spacial score (nSPS) is 11.6. The summed E-state index contributed by atoms with van der Waals surface area (Å²) in [6.07, 6.45) is 8.10. The molecule has 1 N–H and O–H groups in total. The molecule has 152 valence electrons. The van der Waals surface area contributed by atoms with E-state index in [1.54, 1.807) is 30.3 Å². The monoisotopic (exact) mass is 454 g/mol. The Balaban J connectivity index is 0.00000204. The van der Waals surface area contributed by atoms with Gasteiger partial charge < -0.3 is 5.11 Å². The molecule has 0 aliphatic carbocycles. The van der Waals surface area contributed by atoms with E-state index in [9.17, 15) is 9.90 Å². The fourth-order valence-electron chi connectivity index (χ4n) is 2.51. The zero-order valence-electron chi connectivity index (χ0n) is 17.0. The van der Waals surface area contributed by atoms with Crippen LogP contribution in [0.2, 0.25) is 0 Å². The number of benzene rings is 2. The van der Waals surface area contributed by atoms with Gasteiger partial charge in [0, 0.05) is 22.3 Å². The molecule has 4 nitrogen and oxygen atoms in total. The van der Waals surface area contributed by atoms with Gasteiger partial charge in [-0.25, -0.2) is 0 Å². The number of aliphatic imine (C=N–C) groups is 1. The third-order valence-electron chi connectivity index (χ3n) is 3.77. The van der Waals surface area contributed by atoms with Crippen LogP contribution in [0.4, 0.5) is 11.4 Å². The number of carbonyl (C=O) groups is 1. The first-order chi connectivity index (χ1) is 14.1. The summed E-state index contributed by atoms with van der Waals surface area (Å²) in [6, 6.07) is 14.0. The van der Waals surface area contributed by atoms with Crippen molar-refractivity contribution in [2.75, 3.05) is 10.2 Å². The van der Waals surface area contributed by atoms with Crippen molar-refractivity contribution in [3.63, 3.8) is 0 Å². The lowest BCUT2D eigenvalue weighted by atomic mass is 10.1. The standard InChI is InChI=1S/C22H21BrN2O2.C2H6/c1-3-4-7-18(14-15-23)24-17(2)21-8-5-6-9-22(21)25(16-26)19-10-12-20(27)13-11-19;1-2/h3-14,16,27H,1,15H2,2H3;1-2H3/b7-4-,18-14+,24-17?;. The Kier molecular flexibility index (Phi) is 11.1. The van der Waals surface area contributed by atoms with E-state index in [-0.39, 0.29) is 5.75 Å². The highest BCUT2D eigenvalue weighted by Crippen LogP contribution is 2.29. The van der Waals surface area contributed by atoms with Crippen molar-refractivity contribution in [1.82, 2.24) is 0 Å². The number of hydrogen-bond donors (Lipinski definition) is 1.